The minimum absolute atomic E-state index is 0.0573. The van der Waals surface area contributed by atoms with Crippen LogP contribution in [0.1, 0.15) is 40.5 Å². The van der Waals surface area contributed by atoms with Gasteiger partial charge < -0.3 is 40.2 Å². The van der Waals surface area contributed by atoms with Gasteiger partial charge in [-0.15, -0.1) is 0 Å². The molecular formula is C29H40N2O10. The van der Waals surface area contributed by atoms with Crippen LogP contribution in [0.2, 0.25) is 0 Å². The maximum atomic E-state index is 12.9. The molecule has 6 atom stereocenters. The van der Waals surface area contributed by atoms with E-state index in [0.717, 1.165) is 0 Å². The summed E-state index contributed by atoms with van der Waals surface area (Å²) in [6, 6.07) is 0. The normalized spacial score (nSPS) is 32.4. The van der Waals surface area contributed by atoms with E-state index in [2.05, 4.69) is 5.32 Å². The number of carbonyl (C=O) groups is 4. The van der Waals surface area contributed by atoms with Crippen LogP contribution in [0.3, 0.4) is 0 Å². The van der Waals surface area contributed by atoms with Gasteiger partial charge >= 0.3 is 6.09 Å². The minimum Gasteiger partial charge on any atom is -0.505 e. The molecule has 1 heterocycles. The molecule has 0 radical (unpaired) electrons. The van der Waals surface area contributed by atoms with Crippen molar-refractivity contribution in [2.24, 2.45) is 17.6 Å². The molecule has 0 spiro atoms. The fourth-order valence-electron chi connectivity index (χ4n) is 4.84. The van der Waals surface area contributed by atoms with E-state index in [1.54, 1.807) is 19.9 Å². The summed E-state index contributed by atoms with van der Waals surface area (Å²) in [5.41, 5.74) is 5.50. The Labute approximate surface area is 239 Å². The number of allylic oxidation sites excluding steroid dienone is 5. The fraction of sp³-hybridized carbons (Fsp3) is 0.517. The van der Waals surface area contributed by atoms with Crippen LogP contribution in [0.15, 0.2) is 58.2 Å². The van der Waals surface area contributed by atoms with Crippen LogP contribution in [0.5, 0.6) is 0 Å². The van der Waals surface area contributed by atoms with E-state index in [4.69, 9.17) is 24.7 Å². The van der Waals surface area contributed by atoms with Crippen LogP contribution < -0.4 is 11.1 Å². The molecule has 0 saturated heterocycles. The topological polar surface area (TPSA) is 184 Å². The van der Waals surface area contributed by atoms with Crippen molar-refractivity contribution in [2.75, 3.05) is 21.3 Å². The molecule has 2 bridgehead atoms. The SMILES string of the molecule is COC1=C2C[C@@H](C)C[C@H](OC)[C@H](O)[C@@H](C)/C=C(/C)[C@H](OC(N)=O)[C@@H](OC)/C=C/C=C(/C)C(=O)NC(=C2O)C(=O)C1=O. The summed E-state index contributed by atoms with van der Waals surface area (Å²) in [4.78, 5) is 50.2. The zero-order chi connectivity index (χ0) is 31.0. The Hall–Kier alpha value is -3.74. The van der Waals surface area contributed by atoms with Crippen molar-refractivity contribution in [2.45, 2.75) is 65.0 Å². The summed E-state index contributed by atoms with van der Waals surface area (Å²) in [7, 11) is 4.07. The summed E-state index contributed by atoms with van der Waals surface area (Å²) in [6.07, 6.45) is 2.06. The van der Waals surface area contributed by atoms with Gasteiger partial charge in [-0.1, -0.05) is 38.2 Å². The first kappa shape index (κ1) is 33.5. The van der Waals surface area contributed by atoms with Gasteiger partial charge in [0.05, 0.1) is 19.3 Å². The number of nitrogens with one attached hydrogen (secondary N) is 1. The van der Waals surface area contributed by atoms with Gasteiger partial charge in [0.2, 0.25) is 0 Å². The second kappa shape index (κ2) is 14.8. The Kier molecular flexibility index (Phi) is 12.1. The summed E-state index contributed by atoms with van der Waals surface area (Å²) in [5.74, 6) is -4.51. The van der Waals surface area contributed by atoms with Gasteiger partial charge in [-0.25, -0.2) is 4.79 Å². The standard InChI is InChI=1S/C29H40N2O10/c1-14-11-18-23(33)21(24(34)25(35)27(18)40-7)31-28(36)15(2)9-8-10-19(38-5)26(41-29(30)37)17(4)13-16(3)22(32)20(12-14)39-6/h8-10,13-14,16,19-20,22,26,32-33H,11-12H2,1-7H3,(H2,30,37)(H,31,36)/b10-8+,15-9-,17-13-/t14-,16+,19+,20+,22-,26+/m1/s1. The molecule has 41 heavy (non-hydrogen) atoms. The fourth-order valence-corrected chi connectivity index (χ4v) is 4.84. The largest absolute Gasteiger partial charge is 0.505 e. The molecule has 1 aliphatic heterocycles. The highest BCUT2D eigenvalue weighted by molar-refractivity contribution is 6.50. The molecule has 2 amide bonds. The number of aliphatic hydroxyl groups is 2. The summed E-state index contributed by atoms with van der Waals surface area (Å²) >= 11 is 0. The zero-order valence-electron chi connectivity index (χ0n) is 24.4. The van der Waals surface area contributed by atoms with Crippen LogP contribution >= 0.6 is 0 Å². The quantitative estimate of drug-likeness (QED) is 0.220. The molecule has 5 N–H and O–H groups in total. The Bertz CT molecular complexity index is 1200. The van der Waals surface area contributed by atoms with Gasteiger partial charge in [0, 0.05) is 31.3 Å². The number of nitrogens with two attached hydrogens (primary N) is 1. The van der Waals surface area contributed by atoms with Crippen molar-refractivity contribution in [3.8, 4) is 0 Å². The molecule has 0 aromatic heterocycles. The number of fused-ring (bicyclic) bond motifs is 1. The number of hydrogen-bond donors (Lipinski definition) is 4. The number of aliphatic hydroxyl groups excluding tert-OH is 2. The van der Waals surface area contributed by atoms with Crippen molar-refractivity contribution >= 4 is 23.6 Å². The third-order valence-corrected chi connectivity index (χ3v) is 7.08. The van der Waals surface area contributed by atoms with Gasteiger partial charge in [0.1, 0.15) is 17.6 Å². The van der Waals surface area contributed by atoms with Crippen LogP contribution in [-0.4, -0.2) is 79.5 Å². The van der Waals surface area contributed by atoms with Crippen molar-refractivity contribution in [3.63, 3.8) is 0 Å². The van der Waals surface area contributed by atoms with Gasteiger partial charge in [-0.05, 0) is 38.2 Å². The second-order valence-electron chi connectivity index (χ2n) is 10.2. The molecule has 1 aliphatic carbocycles. The lowest BCUT2D eigenvalue weighted by Gasteiger charge is -2.30. The smallest absolute Gasteiger partial charge is 0.405 e. The third-order valence-electron chi connectivity index (χ3n) is 7.08. The average molecular weight is 577 g/mol. The average Bonchev–Trinajstić information content (AvgIpc) is 2.92. The van der Waals surface area contributed by atoms with Gasteiger partial charge in [-0.3, -0.25) is 14.4 Å². The number of Topliss-reactive ketones (excluding diaryl/α,β-unsaturated/α-hetero) is 2. The zero-order valence-corrected chi connectivity index (χ0v) is 24.4. The van der Waals surface area contributed by atoms with Crippen LogP contribution in [0.25, 0.3) is 0 Å². The Morgan fingerprint density at radius 3 is 2.29 bits per heavy atom. The van der Waals surface area contributed by atoms with E-state index in [-0.39, 0.29) is 29.2 Å². The number of rotatable bonds is 4. The summed E-state index contributed by atoms with van der Waals surface area (Å²) < 4.78 is 21.6. The maximum Gasteiger partial charge on any atom is 0.405 e. The molecule has 12 nitrogen and oxygen atoms in total. The van der Waals surface area contributed by atoms with Crippen molar-refractivity contribution in [1.82, 2.24) is 5.32 Å². The van der Waals surface area contributed by atoms with E-state index in [1.807, 2.05) is 6.92 Å². The highest BCUT2D eigenvalue weighted by Gasteiger charge is 2.38. The number of amides is 2. The molecular weight excluding hydrogens is 536 g/mol. The number of hydrogen-bond acceptors (Lipinski definition) is 10. The van der Waals surface area contributed by atoms with Gasteiger partial charge in [0.25, 0.3) is 17.5 Å². The Morgan fingerprint density at radius 2 is 1.73 bits per heavy atom. The van der Waals surface area contributed by atoms with Crippen molar-refractivity contribution < 1.29 is 48.3 Å². The number of carbonyl (C=O) groups excluding carboxylic acids is 4. The third kappa shape index (κ3) is 8.15. The highest BCUT2D eigenvalue weighted by Crippen LogP contribution is 2.32. The minimum atomic E-state index is -1.12. The lowest BCUT2D eigenvalue weighted by atomic mass is 9.85. The molecule has 0 saturated carbocycles. The van der Waals surface area contributed by atoms with E-state index in [9.17, 15) is 29.4 Å². The first-order valence-electron chi connectivity index (χ1n) is 13.1. The van der Waals surface area contributed by atoms with E-state index < -0.39 is 65.4 Å². The monoisotopic (exact) mass is 576 g/mol. The maximum absolute atomic E-state index is 12.9. The number of methoxy groups -OCH3 is 3. The van der Waals surface area contributed by atoms with Gasteiger partial charge in [0.15, 0.2) is 11.9 Å². The summed E-state index contributed by atoms with van der Waals surface area (Å²) in [5, 5.41) is 24.5. The highest BCUT2D eigenvalue weighted by atomic mass is 16.6. The first-order chi connectivity index (χ1) is 19.3. The van der Waals surface area contributed by atoms with Gasteiger partial charge in [-0.2, -0.15) is 0 Å². The Morgan fingerprint density at radius 1 is 1.07 bits per heavy atom. The second-order valence-corrected chi connectivity index (χ2v) is 10.2. The predicted octanol–water partition coefficient (Wildman–Crippen LogP) is 2.29. The number of ether oxygens (including phenoxy) is 4. The van der Waals surface area contributed by atoms with E-state index in [1.165, 1.54) is 46.5 Å². The number of ketones is 2. The van der Waals surface area contributed by atoms with Crippen molar-refractivity contribution in [3.05, 3.63) is 58.2 Å². The molecule has 0 aromatic rings. The van der Waals surface area contributed by atoms with Crippen LogP contribution in [0, 0.1) is 11.8 Å². The molecule has 0 unspecified atom stereocenters. The molecule has 2 rings (SSSR count). The summed E-state index contributed by atoms with van der Waals surface area (Å²) in [6.45, 7) is 6.76. The van der Waals surface area contributed by atoms with E-state index >= 15 is 0 Å². The van der Waals surface area contributed by atoms with E-state index in [0.29, 0.717) is 12.0 Å². The lowest BCUT2D eigenvalue weighted by Crippen LogP contribution is -2.38. The predicted molar refractivity (Wildman–Crippen MR) is 148 cm³/mol. The van der Waals surface area contributed by atoms with Crippen molar-refractivity contribution in [1.29, 1.82) is 0 Å². The number of primary amides is 1. The van der Waals surface area contributed by atoms with Crippen LogP contribution in [0.4, 0.5) is 4.79 Å². The molecule has 12 heteroatoms. The Balaban J connectivity index is 2.67. The molecule has 226 valence electrons. The molecule has 2 aliphatic rings. The first-order valence-corrected chi connectivity index (χ1v) is 13.1. The molecule has 0 aromatic carbocycles. The van der Waals surface area contributed by atoms with Crippen LogP contribution in [-0.2, 0) is 33.3 Å². The molecule has 0 fully saturated rings. The lowest BCUT2D eigenvalue weighted by molar-refractivity contribution is -0.135.